The third-order valence-corrected chi connectivity index (χ3v) is 6.99. The van der Waals surface area contributed by atoms with Gasteiger partial charge in [-0.05, 0) is 67.3 Å². The van der Waals surface area contributed by atoms with Gasteiger partial charge < -0.3 is 4.90 Å². The summed E-state index contributed by atoms with van der Waals surface area (Å²) in [5, 5.41) is 10.7. The first-order valence-corrected chi connectivity index (χ1v) is 11.9. The Kier molecular flexibility index (Phi) is 6.98. The van der Waals surface area contributed by atoms with Crippen LogP contribution in [0.5, 0.6) is 0 Å². The van der Waals surface area contributed by atoms with Gasteiger partial charge in [0, 0.05) is 19.0 Å². The first kappa shape index (κ1) is 23.9. The predicted molar refractivity (Wildman–Crippen MR) is 125 cm³/mol. The zero-order valence-electron chi connectivity index (χ0n) is 18.6. The molecule has 0 radical (unpaired) electrons. The summed E-state index contributed by atoms with van der Waals surface area (Å²) in [5.41, 5.74) is 2.70. The summed E-state index contributed by atoms with van der Waals surface area (Å²) in [6.45, 7) is 2.31. The highest BCUT2D eigenvalue weighted by atomic mass is 32.1. The largest absolute Gasteiger partial charge is 0.451 e. The van der Waals surface area contributed by atoms with E-state index in [1.165, 1.54) is 11.3 Å². The summed E-state index contributed by atoms with van der Waals surface area (Å²) in [7, 11) is 0. The maximum Gasteiger partial charge on any atom is 0.451 e. The van der Waals surface area contributed by atoms with Gasteiger partial charge in [0.25, 0.3) is 0 Å². The number of carbonyl (C=O) groups is 1. The second-order valence-corrected chi connectivity index (χ2v) is 9.26. The van der Waals surface area contributed by atoms with Gasteiger partial charge in [0.15, 0.2) is 5.78 Å². The van der Waals surface area contributed by atoms with Crippen LogP contribution in [0, 0.1) is 18.3 Å². The Morgan fingerprint density at radius 1 is 1.24 bits per heavy atom. The summed E-state index contributed by atoms with van der Waals surface area (Å²) in [5.74, 6) is -1.04. The lowest BCUT2D eigenvalue weighted by molar-refractivity contribution is -0.144. The van der Waals surface area contributed by atoms with Crippen molar-refractivity contribution in [1.29, 1.82) is 5.26 Å². The smallest absolute Gasteiger partial charge is 0.346 e. The number of carbonyl (C=O) groups excluding carboxylic acids is 1. The van der Waals surface area contributed by atoms with E-state index < -0.39 is 18.0 Å². The highest BCUT2D eigenvalue weighted by Gasteiger charge is 2.38. The van der Waals surface area contributed by atoms with Gasteiger partial charge in [0.05, 0.1) is 28.2 Å². The number of hydrogen-bond donors (Lipinski definition) is 0. The molecule has 0 N–H and O–H groups in total. The monoisotopic (exact) mass is 484 g/mol. The standard InChI is InChI=1S/C25H23F3N4OS/c1-16-11-13-34-23(16)19-14-22(31-24(30-19)25(26,27)28)32-12-3-5-20(32)21(33)6-2-4-17-7-9-18(15-29)10-8-17/h7-11,13-14,20H,2-6,12H2,1H3/t20-/m0/s1. The molecule has 0 unspecified atom stereocenters. The summed E-state index contributed by atoms with van der Waals surface area (Å²) in [6, 6.07) is 12.2. The Morgan fingerprint density at radius 3 is 2.65 bits per heavy atom. The molecule has 3 aromatic rings. The Balaban J connectivity index is 1.52. The van der Waals surface area contributed by atoms with Crippen molar-refractivity contribution in [3.05, 3.63) is 64.3 Å². The van der Waals surface area contributed by atoms with Crippen molar-refractivity contribution >= 4 is 22.9 Å². The van der Waals surface area contributed by atoms with E-state index in [0.29, 0.717) is 49.1 Å². The molecule has 1 aliphatic rings. The molecule has 0 aliphatic carbocycles. The number of benzene rings is 1. The number of thiophene rings is 1. The number of ketones is 1. The van der Waals surface area contributed by atoms with Crippen LogP contribution >= 0.6 is 11.3 Å². The zero-order valence-corrected chi connectivity index (χ0v) is 19.4. The van der Waals surface area contributed by atoms with Gasteiger partial charge in [0.2, 0.25) is 5.82 Å². The molecule has 176 valence electrons. The van der Waals surface area contributed by atoms with E-state index in [-0.39, 0.29) is 17.3 Å². The second-order valence-electron chi connectivity index (χ2n) is 8.35. The predicted octanol–water partition coefficient (Wildman–Crippen LogP) is 5.96. The van der Waals surface area contributed by atoms with Gasteiger partial charge in [-0.1, -0.05) is 12.1 Å². The van der Waals surface area contributed by atoms with Crippen LogP contribution in [0.3, 0.4) is 0 Å². The highest BCUT2D eigenvalue weighted by Crippen LogP contribution is 2.36. The number of hydrogen-bond acceptors (Lipinski definition) is 6. The van der Waals surface area contributed by atoms with Crippen molar-refractivity contribution in [3.63, 3.8) is 0 Å². The number of Topliss-reactive ketones (excluding diaryl/α,β-unsaturated/α-hetero) is 1. The van der Waals surface area contributed by atoms with Gasteiger partial charge in [-0.15, -0.1) is 11.3 Å². The molecule has 1 aromatic carbocycles. The first-order valence-electron chi connectivity index (χ1n) is 11.1. The molecule has 2 aromatic heterocycles. The number of alkyl halides is 3. The average molecular weight is 485 g/mol. The van der Waals surface area contributed by atoms with Gasteiger partial charge in [-0.3, -0.25) is 4.79 Å². The van der Waals surface area contributed by atoms with Crippen molar-refractivity contribution in [3.8, 4) is 16.6 Å². The van der Waals surface area contributed by atoms with E-state index in [9.17, 15) is 18.0 Å². The van der Waals surface area contributed by atoms with Crippen molar-refractivity contribution < 1.29 is 18.0 Å². The fourth-order valence-corrected chi connectivity index (χ4v) is 5.10. The third kappa shape index (κ3) is 5.28. The molecule has 1 fully saturated rings. The maximum atomic E-state index is 13.6. The highest BCUT2D eigenvalue weighted by molar-refractivity contribution is 7.13. The van der Waals surface area contributed by atoms with Gasteiger partial charge >= 0.3 is 6.18 Å². The lowest BCUT2D eigenvalue weighted by Gasteiger charge is -2.25. The minimum absolute atomic E-state index is 0.00664. The number of aromatic nitrogens is 2. The molecular weight excluding hydrogens is 461 g/mol. The van der Waals surface area contributed by atoms with E-state index >= 15 is 0 Å². The normalized spacial score (nSPS) is 16.0. The van der Waals surface area contributed by atoms with Crippen LogP contribution in [-0.2, 0) is 17.4 Å². The maximum absolute atomic E-state index is 13.6. The minimum Gasteiger partial charge on any atom is -0.346 e. The molecule has 1 saturated heterocycles. The summed E-state index contributed by atoms with van der Waals surface area (Å²) in [4.78, 5) is 23.0. The molecule has 1 aliphatic heterocycles. The Bertz CT molecular complexity index is 1210. The van der Waals surface area contributed by atoms with E-state index in [1.807, 2.05) is 30.5 Å². The van der Waals surface area contributed by atoms with Gasteiger partial charge in [-0.2, -0.15) is 18.4 Å². The van der Waals surface area contributed by atoms with Crippen LogP contribution in [0.1, 0.15) is 48.2 Å². The van der Waals surface area contributed by atoms with Crippen LogP contribution in [0.2, 0.25) is 0 Å². The molecule has 4 rings (SSSR count). The molecule has 3 heterocycles. The lowest BCUT2D eigenvalue weighted by atomic mass is 10.0. The molecule has 0 saturated carbocycles. The Labute approximate surface area is 199 Å². The van der Waals surface area contributed by atoms with Crippen molar-refractivity contribution in [2.45, 2.75) is 51.2 Å². The van der Waals surface area contributed by atoms with Crippen LogP contribution in [0.25, 0.3) is 10.6 Å². The molecule has 0 amide bonds. The second kappa shape index (κ2) is 9.94. The Morgan fingerprint density at radius 2 is 2.00 bits per heavy atom. The number of rotatable bonds is 7. The van der Waals surface area contributed by atoms with Gasteiger partial charge in [0.1, 0.15) is 5.82 Å². The fraction of sp³-hybridized carbons (Fsp3) is 0.360. The number of anilines is 1. The zero-order chi connectivity index (χ0) is 24.3. The van der Waals surface area contributed by atoms with Crippen LogP contribution in [0.4, 0.5) is 19.0 Å². The van der Waals surface area contributed by atoms with Crippen LogP contribution in [0.15, 0.2) is 41.8 Å². The van der Waals surface area contributed by atoms with E-state index in [4.69, 9.17) is 5.26 Å². The van der Waals surface area contributed by atoms with Crippen molar-refractivity contribution in [2.24, 2.45) is 0 Å². The third-order valence-electron chi connectivity index (χ3n) is 5.95. The molecule has 5 nitrogen and oxygen atoms in total. The number of nitrogens with zero attached hydrogens (tertiary/aromatic N) is 4. The molecular formula is C25H23F3N4OS. The quantitative estimate of drug-likeness (QED) is 0.414. The number of nitriles is 1. The van der Waals surface area contributed by atoms with Crippen LogP contribution in [-0.4, -0.2) is 28.3 Å². The van der Waals surface area contributed by atoms with E-state index in [2.05, 4.69) is 16.0 Å². The van der Waals surface area contributed by atoms with E-state index in [1.54, 1.807) is 23.1 Å². The lowest BCUT2D eigenvalue weighted by Crippen LogP contribution is -2.37. The summed E-state index contributed by atoms with van der Waals surface area (Å²) >= 11 is 1.33. The Hall–Kier alpha value is -3.25. The van der Waals surface area contributed by atoms with E-state index in [0.717, 1.165) is 11.1 Å². The van der Waals surface area contributed by atoms with Crippen molar-refractivity contribution in [1.82, 2.24) is 9.97 Å². The fourth-order valence-electron chi connectivity index (χ4n) is 4.21. The SMILES string of the molecule is Cc1ccsc1-c1cc(N2CCC[C@H]2C(=O)CCCc2ccc(C#N)cc2)nc(C(F)(F)F)n1. The summed E-state index contributed by atoms with van der Waals surface area (Å²) < 4.78 is 40.8. The molecule has 0 spiro atoms. The average Bonchev–Trinajstić information content (AvgIpc) is 3.48. The van der Waals surface area contributed by atoms with Gasteiger partial charge in [-0.25, -0.2) is 9.97 Å². The first-order chi connectivity index (χ1) is 16.3. The number of aryl methyl sites for hydroxylation is 2. The topological polar surface area (TPSA) is 69.9 Å². The molecule has 1 atom stereocenters. The molecule has 9 heteroatoms. The molecule has 34 heavy (non-hydrogen) atoms. The molecule has 0 bridgehead atoms. The van der Waals surface area contributed by atoms with Crippen molar-refractivity contribution in [2.75, 3.05) is 11.4 Å². The summed E-state index contributed by atoms with van der Waals surface area (Å²) in [6.07, 6.45) is -1.73. The number of halogens is 3. The minimum atomic E-state index is -4.68. The van der Waals surface area contributed by atoms with Crippen LogP contribution < -0.4 is 4.90 Å².